The quantitative estimate of drug-likeness (QED) is 0.733. The van der Waals surface area contributed by atoms with E-state index < -0.39 is 6.10 Å². The van der Waals surface area contributed by atoms with Crippen LogP contribution in [-0.2, 0) is 11.2 Å². The van der Waals surface area contributed by atoms with E-state index in [1.165, 1.54) is 0 Å². The molecule has 0 N–H and O–H groups in total. The number of ketones is 1. The first-order chi connectivity index (χ1) is 7.31. The molecule has 0 bridgehead atoms. The maximum atomic E-state index is 11.5. The number of hydrogen-bond donors (Lipinski definition) is 0. The molecule has 0 radical (unpaired) electrons. The van der Waals surface area contributed by atoms with Gasteiger partial charge in [-0.15, -0.1) is 0 Å². The molecule has 15 heavy (non-hydrogen) atoms. The number of carbonyl (C=O) groups is 1. The normalized spacial score (nSPS) is 18.5. The van der Waals surface area contributed by atoms with Gasteiger partial charge in [0.1, 0.15) is 5.75 Å². The number of fused-ring (bicyclic) bond motifs is 1. The number of nitrogens with zero attached hydrogens (tertiary/aromatic N) is 1. The van der Waals surface area contributed by atoms with E-state index >= 15 is 0 Å². The lowest BCUT2D eigenvalue weighted by molar-refractivity contribution is -0.125. The minimum absolute atomic E-state index is 0.0627. The van der Waals surface area contributed by atoms with Gasteiger partial charge in [0.05, 0.1) is 12.5 Å². The second-order valence-electron chi connectivity index (χ2n) is 3.55. The average Bonchev–Trinajstić information content (AvgIpc) is 2.29. The molecule has 0 saturated carbocycles. The highest BCUT2D eigenvalue weighted by Crippen LogP contribution is 2.27. The number of Topliss-reactive ketones (excluding diaryl/α,β-unsaturated/α-hetero) is 1. The monoisotopic (exact) mass is 201 g/mol. The molecule has 0 saturated heterocycles. The van der Waals surface area contributed by atoms with Gasteiger partial charge in [0, 0.05) is 0 Å². The second-order valence-corrected chi connectivity index (χ2v) is 3.55. The molecule has 1 aliphatic rings. The zero-order valence-electron chi connectivity index (χ0n) is 8.27. The van der Waals surface area contributed by atoms with Gasteiger partial charge in [-0.05, 0) is 24.5 Å². The standard InChI is InChI=1S/C12H11NO2/c13-8-7-10(14)12-6-5-9-3-1-2-4-11(9)15-12/h1-4,12H,5-7H2. The first-order valence-electron chi connectivity index (χ1n) is 4.95. The number of ether oxygens (including phenoxy) is 1. The molecular weight excluding hydrogens is 190 g/mol. The number of hydrogen-bond acceptors (Lipinski definition) is 3. The molecule has 1 aliphatic heterocycles. The highest BCUT2D eigenvalue weighted by molar-refractivity contribution is 5.85. The second kappa shape index (κ2) is 4.14. The fraction of sp³-hybridized carbons (Fsp3) is 0.333. The highest BCUT2D eigenvalue weighted by Gasteiger charge is 2.25. The van der Waals surface area contributed by atoms with Crippen molar-refractivity contribution in [1.29, 1.82) is 5.26 Å². The van der Waals surface area contributed by atoms with Gasteiger partial charge in [-0.3, -0.25) is 4.79 Å². The Balaban J connectivity index is 2.12. The molecule has 0 fully saturated rings. The third-order valence-electron chi connectivity index (χ3n) is 2.53. The minimum Gasteiger partial charge on any atom is -0.482 e. The average molecular weight is 201 g/mol. The van der Waals surface area contributed by atoms with E-state index in [0.717, 1.165) is 17.7 Å². The minimum atomic E-state index is -0.431. The number of carbonyl (C=O) groups excluding carboxylic acids is 1. The smallest absolute Gasteiger partial charge is 0.187 e. The van der Waals surface area contributed by atoms with Gasteiger partial charge in [0.15, 0.2) is 11.9 Å². The summed E-state index contributed by atoms with van der Waals surface area (Å²) in [7, 11) is 0. The number of para-hydroxylation sites is 1. The number of aryl methyl sites for hydroxylation is 1. The van der Waals surface area contributed by atoms with Gasteiger partial charge in [0.2, 0.25) is 0 Å². The molecule has 3 heteroatoms. The van der Waals surface area contributed by atoms with Crippen LogP contribution in [0.4, 0.5) is 0 Å². The van der Waals surface area contributed by atoms with Crippen LogP contribution in [0.5, 0.6) is 5.75 Å². The number of nitriles is 1. The Morgan fingerprint density at radius 3 is 3.13 bits per heavy atom. The summed E-state index contributed by atoms with van der Waals surface area (Å²) in [6.07, 6.45) is 1.03. The van der Waals surface area contributed by atoms with E-state index in [4.69, 9.17) is 10.00 Å². The van der Waals surface area contributed by atoms with Crippen LogP contribution < -0.4 is 4.74 Å². The van der Waals surface area contributed by atoms with Crippen LogP contribution in [0.2, 0.25) is 0 Å². The van der Waals surface area contributed by atoms with Crippen LogP contribution in [0, 0.1) is 11.3 Å². The number of benzene rings is 1. The van der Waals surface area contributed by atoms with Gasteiger partial charge in [0.25, 0.3) is 0 Å². The maximum absolute atomic E-state index is 11.5. The van der Waals surface area contributed by atoms with Gasteiger partial charge in [-0.25, -0.2) is 0 Å². The van der Waals surface area contributed by atoms with E-state index in [9.17, 15) is 4.79 Å². The van der Waals surface area contributed by atoms with Gasteiger partial charge in [-0.2, -0.15) is 5.26 Å². The third kappa shape index (κ3) is 1.99. The summed E-state index contributed by atoms with van der Waals surface area (Å²) in [6, 6.07) is 9.56. The van der Waals surface area contributed by atoms with Gasteiger partial charge in [-0.1, -0.05) is 18.2 Å². The Kier molecular flexibility index (Phi) is 2.68. The van der Waals surface area contributed by atoms with Crippen LogP contribution in [-0.4, -0.2) is 11.9 Å². The van der Waals surface area contributed by atoms with E-state index in [1.807, 2.05) is 30.3 Å². The molecule has 1 heterocycles. The first-order valence-corrected chi connectivity index (χ1v) is 4.95. The predicted molar refractivity (Wildman–Crippen MR) is 54.4 cm³/mol. The van der Waals surface area contributed by atoms with Crippen molar-refractivity contribution in [3.63, 3.8) is 0 Å². The topological polar surface area (TPSA) is 50.1 Å². The summed E-state index contributed by atoms with van der Waals surface area (Å²) in [5.41, 5.74) is 1.14. The van der Waals surface area contributed by atoms with Crippen molar-refractivity contribution >= 4 is 5.78 Å². The molecule has 1 aromatic rings. The largest absolute Gasteiger partial charge is 0.482 e. The maximum Gasteiger partial charge on any atom is 0.187 e. The Morgan fingerprint density at radius 2 is 2.33 bits per heavy atom. The van der Waals surface area contributed by atoms with Crippen LogP contribution in [0.25, 0.3) is 0 Å². The lowest BCUT2D eigenvalue weighted by Gasteiger charge is -2.24. The molecule has 1 atom stereocenters. The van der Waals surface area contributed by atoms with Gasteiger partial charge >= 0.3 is 0 Å². The zero-order valence-corrected chi connectivity index (χ0v) is 8.27. The molecule has 0 aliphatic carbocycles. The van der Waals surface area contributed by atoms with Crippen molar-refractivity contribution in [3.05, 3.63) is 29.8 Å². The van der Waals surface area contributed by atoms with E-state index in [-0.39, 0.29) is 12.2 Å². The Hall–Kier alpha value is -1.82. The summed E-state index contributed by atoms with van der Waals surface area (Å²) < 4.78 is 5.55. The fourth-order valence-electron chi connectivity index (χ4n) is 1.74. The molecule has 76 valence electrons. The van der Waals surface area contributed by atoms with E-state index in [0.29, 0.717) is 6.42 Å². The molecule has 1 aromatic carbocycles. The molecular formula is C12H11NO2. The van der Waals surface area contributed by atoms with Crippen molar-refractivity contribution in [2.45, 2.75) is 25.4 Å². The lowest BCUT2D eigenvalue weighted by Crippen LogP contribution is -2.30. The van der Waals surface area contributed by atoms with Crippen molar-refractivity contribution in [2.75, 3.05) is 0 Å². The van der Waals surface area contributed by atoms with E-state index in [1.54, 1.807) is 0 Å². The summed E-state index contributed by atoms with van der Waals surface area (Å²) >= 11 is 0. The van der Waals surface area contributed by atoms with Crippen molar-refractivity contribution in [3.8, 4) is 11.8 Å². The summed E-state index contributed by atoms with van der Waals surface area (Å²) in [5.74, 6) is 0.659. The SMILES string of the molecule is N#CCC(=O)C1CCc2ccccc2O1. The Labute approximate surface area is 88.3 Å². The van der Waals surface area contributed by atoms with Crippen LogP contribution in [0.1, 0.15) is 18.4 Å². The molecule has 0 amide bonds. The predicted octanol–water partition coefficient (Wildman–Crippen LogP) is 1.86. The molecule has 1 unspecified atom stereocenters. The van der Waals surface area contributed by atoms with Crippen LogP contribution in [0.3, 0.4) is 0 Å². The highest BCUT2D eigenvalue weighted by atomic mass is 16.5. The Morgan fingerprint density at radius 1 is 1.53 bits per heavy atom. The number of rotatable bonds is 2. The Bertz CT molecular complexity index is 420. The lowest BCUT2D eigenvalue weighted by atomic mass is 9.99. The molecule has 0 spiro atoms. The molecule has 3 nitrogen and oxygen atoms in total. The van der Waals surface area contributed by atoms with Crippen molar-refractivity contribution in [2.24, 2.45) is 0 Å². The van der Waals surface area contributed by atoms with Crippen LogP contribution >= 0.6 is 0 Å². The van der Waals surface area contributed by atoms with Crippen molar-refractivity contribution in [1.82, 2.24) is 0 Å². The van der Waals surface area contributed by atoms with Crippen LogP contribution in [0.15, 0.2) is 24.3 Å². The van der Waals surface area contributed by atoms with Crippen molar-refractivity contribution < 1.29 is 9.53 Å². The summed E-state index contributed by atoms with van der Waals surface area (Å²) in [4.78, 5) is 11.5. The summed E-state index contributed by atoms with van der Waals surface area (Å²) in [6.45, 7) is 0. The third-order valence-corrected chi connectivity index (χ3v) is 2.53. The molecule has 0 aromatic heterocycles. The molecule has 2 rings (SSSR count). The van der Waals surface area contributed by atoms with Gasteiger partial charge < -0.3 is 4.74 Å². The first kappa shape index (κ1) is 9.72. The fourth-order valence-corrected chi connectivity index (χ4v) is 1.74. The summed E-state index contributed by atoms with van der Waals surface area (Å²) in [5, 5.41) is 8.44. The zero-order chi connectivity index (χ0) is 10.7. The van der Waals surface area contributed by atoms with E-state index in [2.05, 4.69) is 0 Å².